The lowest BCUT2D eigenvalue weighted by Gasteiger charge is -2.33. The van der Waals surface area contributed by atoms with Crippen molar-refractivity contribution in [3.05, 3.63) is 0 Å². The average molecular weight is 309 g/mol. The van der Waals surface area contributed by atoms with E-state index in [0.29, 0.717) is 18.6 Å². The van der Waals surface area contributed by atoms with Gasteiger partial charge in [-0.1, -0.05) is 20.8 Å². The molecule has 1 amide bonds. The van der Waals surface area contributed by atoms with Crippen molar-refractivity contribution in [1.29, 1.82) is 0 Å². The molecule has 0 spiro atoms. The van der Waals surface area contributed by atoms with E-state index in [4.69, 9.17) is 4.74 Å². The van der Waals surface area contributed by atoms with Crippen LogP contribution in [0.3, 0.4) is 0 Å². The number of ether oxygens (including phenoxy) is 1. The highest BCUT2D eigenvalue weighted by molar-refractivity contribution is 5.85. The standard InChI is InChI=1S/C15H32N2O2.ClH/c1-7-19-13(18)16-10-8-9-11-17-15(5,6)12-14(2,3)4;/h17H,7-12H2,1-6H3,(H,16,18);1H. The molecule has 122 valence electrons. The van der Waals surface area contributed by atoms with Gasteiger partial charge in [0, 0.05) is 12.1 Å². The van der Waals surface area contributed by atoms with Crippen LogP contribution in [0.25, 0.3) is 0 Å². The molecule has 0 aliphatic carbocycles. The van der Waals surface area contributed by atoms with Crippen molar-refractivity contribution >= 4 is 18.5 Å². The van der Waals surface area contributed by atoms with E-state index in [9.17, 15) is 4.79 Å². The highest BCUT2D eigenvalue weighted by Gasteiger charge is 2.24. The van der Waals surface area contributed by atoms with Gasteiger partial charge in [-0.15, -0.1) is 12.4 Å². The van der Waals surface area contributed by atoms with E-state index in [0.717, 1.165) is 25.8 Å². The van der Waals surface area contributed by atoms with E-state index in [-0.39, 0.29) is 24.0 Å². The van der Waals surface area contributed by atoms with E-state index in [2.05, 4.69) is 45.3 Å². The minimum Gasteiger partial charge on any atom is -0.450 e. The molecule has 0 aromatic rings. The molecule has 0 aromatic heterocycles. The summed E-state index contributed by atoms with van der Waals surface area (Å²) in [5, 5.41) is 6.32. The first kappa shape index (κ1) is 21.8. The van der Waals surface area contributed by atoms with Gasteiger partial charge in [-0.05, 0) is 52.0 Å². The summed E-state index contributed by atoms with van der Waals surface area (Å²) in [6.07, 6.45) is 2.85. The van der Waals surface area contributed by atoms with Crippen molar-refractivity contribution in [1.82, 2.24) is 10.6 Å². The number of rotatable bonds is 8. The third-order valence-corrected chi connectivity index (χ3v) is 2.72. The predicted octanol–water partition coefficient (Wildman–Crippen LogP) is 3.74. The third-order valence-electron chi connectivity index (χ3n) is 2.72. The fraction of sp³-hybridized carbons (Fsp3) is 0.933. The van der Waals surface area contributed by atoms with Crippen LogP contribution in [0.4, 0.5) is 4.79 Å². The second-order valence-corrected chi connectivity index (χ2v) is 6.90. The van der Waals surface area contributed by atoms with Crippen LogP contribution in [-0.4, -0.2) is 31.3 Å². The van der Waals surface area contributed by atoms with Gasteiger partial charge in [-0.25, -0.2) is 4.79 Å². The Morgan fingerprint density at radius 1 is 1.05 bits per heavy atom. The number of unbranched alkanes of at least 4 members (excludes halogenated alkanes) is 1. The minimum absolute atomic E-state index is 0. The normalized spacial score (nSPS) is 11.7. The Kier molecular flexibility index (Phi) is 11.2. The summed E-state index contributed by atoms with van der Waals surface area (Å²) >= 11 is 0. The van der Waals surface area contributed by atoms with Crippen molar-refractivity contribution < 1.29 is 9.53 Å². The number of halogens is 1. The number of nitrogens with one attached hydrogen (secondary N) is 2. The van der Waals surface area contributed by atoms with E-state index in [1.165, 1.54) is 0 Å². The van der Waals surface area contributed by atoms with Gasteiger partial charge in [0.15, 0.2) is 0 Å². The zero-order valence-corrected chi connectivity index (χ0v) is 14.8. The van der Waals surface area contributed by atoms with Gasteiger partial charge in [0.25, 0.3) is 0 Å². The van der Waals surface area contributed by atoms with Crippen LogP contribution >= 0.6 is 12.4 Å². The summed E-state index contributed by atoms with van der Waals surface area (Å²) in [6.45, 7) is 15.2. The number of hydrogen-bond donors (Lipinski definition) is 2. The summed E-state index contributed by atoms with van der Waals surface area (Å²) in [5.74, 6) is 0. The lowest BCUT2D eigenvalue weighted by atomic mass is 9.82. The highest BCUT2D eigenvalue weighted by Crippen LogP contribution is 2.26. The molecule has 0 rings (SSSR count). The first-order valence-electron chi connectivity index (χ1n) is 7.32. The summed E-state index contributed by atoms with van der Waals surface area (Å²) in [7, 11) is 0. The largest absolute Gasteiger partial charge is 0.450 e. The van der Waals surface area contributed by atoms with E-state index in [1.54, 1.807) is 6.92 Å². The molecule has 0 atom stereocenters. The summed E-state index contributed by atoms with van der Waals surface area (Å²) in [4.78, 5) is 11.0. The van der Waals surface area contributed by atoms with E-state index < -0.39 is 0 Å². The lowest BCUT2D eigenvalue weighted by molar-refractivity contribution is 0.152. The van der Waals surface area contributed by atoms with E-state index in [1.807, 2.05) is 0 Å². The highest BCUT2D eigenvalue weighted by atomic mass is 35.5. The fourth-order valence-electron chi connectivity index (χ4n) is 2.44. The number of amides is 1. The molecule has 0 saturated carbocycles. The molecule has 0 saturated heterocycles. The van der Waals surface area contributed by atoms with E-state index >= 15 is 0 Å². The molecule has 0 unspecified atom stereocenters. The second kappa shape index (κ2) is 10.3. The first-order chi connectivity index (χ1) is 8.66. The predicted molar refractivity (Wildman–Crippen MR) is 87.7 cm³/mol. The molecule has 0 heterocycles. The minimum atomic E-state index is -0.316. The summed E-state index contributed by atoms with van der Waals surface area (Å²) in [5.41, 5.74) is 0.495. The Bertz CT molecular complexity index is 263. The van der Waals surface area contributed by atoms with Crippen molar-refractivity contribution in [3.8, 4) is 0 Å². The molecule has 0 aliphatic rings. The zero-order valence-electron chi connectivity index (χ0n) is 14.0. The lowest BCUT2D eigenvalue weighted by Crippen LogP contribution is -2.42. The molecule has 0 radical (unpaired) electrons. The monoisotopic (exact) mass is 308 g/mol. The maximum absolute atomic E-state index is 11.0. The van der Waals surface area contributed by atoms with Crippen molar-refractivity contribution in [3.63, 3.8) is 0 Å². The zero-order chi connectivity index (χ0) is 14.9. The van der Waals surface area contributed by atoms with Gasteiger partial charge in [-0.3, -0.25) is 0 Å². The molecule has 0 bridgehead atoms. The molecule has 4 nitrogen and oxygen atoms in total. The van der Waals surface area contributed by atoms with Crippen LogP contribution in [0.15, 0.2) is 0 Å². The molecule has 0 aromatic carbocycles. The van der Waals surface area contributed by atoms with Gasteiger partial charge in [0.2, 0.25) is 0 Å². The van der Waals surface area contributed by atoms with Gasteiger partial charge in [0.1, 0.15) is 0 Å². The molecular formula is C15H33ClN2O2. The van der Waals surface area contributed by atoms with Gasteiger partial charge >= 0.3 is 6.09 Å². The quantitative estimate of drug-likeness (QED) is 0.672. The molecule has 20 heavy (non-hydrogen) atoms. The van der Waals surface area contributed by atoms with Crippen LogP contribution in [0.1, 0.15) is 60.8 Å². The van der Waals surface area contributed by atoms with Crippen molar-refractivity contribution in [2.45, 2.75) is 66.3 Å². The molecular weight excluding hydrogens is 276 g/mol. The average Bonchev–Trinajstić information content (AvgIpc) is 2.20. The summed E-state index contributed by atoms with van der Waals surface area (Å²) in [6, 6.07) is 0. The molecule has 5 heteroatoms. The SMILES string of the molecule is CCOC(=O)NCCCCNC(C)(C)CC(C)(C)C.Cl. The molecule has 0 aliphatic heterocycles. The van der Waals surface area contributed by atoms with Gasteiger partial charge in [-0.2, -0.15) is 0 Å². The maximum atomic E-state index is 11.0. The van der Waals surface area contributed by atoms with Crippen LogP contribution in [0, 0.1) is 5.41 Å². The summed E-state index contributed by atoms with van der Waals surface area (Å²) < 4.78 is 4.79. The van der Waals surface area contributed by atoms with Crippen molar-refractivity contribution in [2.24, 2.45) is 5.41 Å². The maximum Gasteiger partial charge on any atom is 0.407 e. The molecule has 0 fully saturated rings. The van der Waals surface area contributed by atoms with Crippen LogP contribution in [0.5, 0.6) is 0 Å². The Hall–Kier alpha value is -0.480. The Labute approximate surface area is 130 Å². The van der Waals surface area contributed by atoms with Gasteiger partial charge in [0.05, 0.1) is 6.61 Å². The number of hydrogen-bond acceptors (Lipinski definition) is 3. The Morgan fingerprint density at radius 3 is 2.10 bits per heavy atom. The Morgan fingerprint density at radius 2 is 1.60 bits per heavy atom. The first-order valence-corrected chi connectivity index (χ1v) is 7.32. The second-order valence-electron chi connectivity index (χ2n) is 6.90. The molecule has 2 N–H and O–H groups in total. The third kappa shape index (κ3) is 13.9. The fourth-order valence-corrected chi connectivity index (χ4v) is 2.44. The van der Waals surface area contributed by atoms with Gasteiger partial charge < -0.3 is 15.4 Å². The van der Waals surface area contributed by atoms with Crippen molar-refractivity contribution in [2.75, 3.05) is 19.7 Å². The Balaban J connectivity index is 0. The number of alkyl carbamates (subject to hydrolysis) is 1. The smallest absolute Gasteiger partial charge is 0.407 e. The number of carbonyl (C=O) groups is 1. The van der Waals surface area contributed by atoms with Crippen LogP contribution in [-0.2, 0) is 4.74 Å². The van der Waals surface area contributed by atoms with Crippen LogP contribution < -0.4 is 10.6 Å². The number of carbonyl (C=O) groups excluding carboxylic acids is 1. The topological polar surface area (TPSA) is 50.4 Å². The van der Waals surface area contributed by atoms with Crippen LogP contribution in [0.2, 0.25) is 0 Å².